The van der Waals surface area contributed by atoms with Gasteiger partial charge in [0.2, 0.25) is 0 Å². The Hall–Kier alpha value is 0.270. The van der Waals surface area contributed by atoms with Crippen LogP contribution in [-0.2, 0) is 0 Å². The van der Waals surface area contributed by atoms with Crippen molar-refractivity contribution in [1.82, 2.24) is 5.32 Å². The number of piperidine rings is 1. The molecule has 2 rings (SSSR count). The molecule has 2 aliphatic heterocycles. The predicted molar refractivity (Wildman–Crippen MR) is 57.1 cm³/mol. The van der Waals surface area contributed by atoms with E-state index in [1.807, 2.05) is 11.8 Å². The molecule has 2 N–H and O–H groups in total. The van der Waals surface area contributed by atoms with Gasteiger partial charge in [-0.15, -0.1) is 0 Å². The Morgan fingerprint density at radius 1 is 1.31 bits per heavy atom. The molecule has 0 aromatic rings. The Labute approximate surface area is 84.5 Å². The van der Waals surface area contributed by atoms with Gasteiger partial charge in [0.05, 0.1) is 5.60 Å². The fraction of sp³-hybridized carbons (Fsp3) is 1.00. The van der Waals surface area contributed by atoms with Crippen molar-refractivity contribution in [3.05, 3.63) is 0 Å². The zero-order chi connectivity index (χ0) is 9.15. The average Bonchev–Trinajstić information content (AvgIpc) is 2.20. The van der Waals surface area contributed by atoms with Crippen molar-refractivity contribution in [3.63, 3.8) is 0 Å². The smallest absolute Gasteiger partial charge is 0.0800 e. The standard InChI is InChI=1S/C10H19NOS/c12-10(4-1-5-11-8-10)9-2-6-13-7-3-9/h9,11-12H,1-8H2. The summed E-state index contributed by atoms with van der Waals surface area (Å²) < 4.78 is 0. The van der Waals surface area contributed by atoms with Gasteiger partial charge in [-0.1, -0.05) is 0 Å². The molecule has 2 aliphatic rings. The van der Waals surface area contributed by atoms with Crippen LogP contribution in [0.25, 0.3) is 0 Å². The summed E-state index contributed by atoms with van der Waals surface area (Å²) in [7, 11) is 0. The first-order chi connectivity index (χ1) is 6.31. The molecule has 0 saturated carbocycles. The Morgan fingerprint density at radius 3 is 2.69 bits per heavy atom. The van der Waals surface area contributed by atoms with E-state index < -0.39 is 0 Å². The van der Waals surface area contributed by atoms with Gasteiger partial charge in [-0.3, -0.25) is 0 Å². The second-order valence-electron chi connectivity index (χ2n) is 4.27. The third kappa shape index (κ3) is 2.20. The molecular formula is C10H19NOS. The topological polar surface area (TPSA) is 32.3 Å². The van der Waals surface area contributed by atoms with E-state index in [0.29, 0.717) is 5.92 Å². The fourth-order valence-electron chi connectivity index (χ4n) is 2.50. The molecule has 0 aromatic heterocycles. The summed E-state index contributed by atoms with van der Waals surface area (Å²) in [5.41, 5.74) is -0.376. The summed E-state index contributed by atoms with van der Waals surface area (Å²) in [4.78, 5) is 0. The summed E-state index contributed by atoms with van der Waals surface area (Å²) in [6, 6.07) is 0. The lowest BCUT2D eigenvalue weighted by Crippen LogP contribution is -2.51. The first-order valence-electron chi connectivity index (χ1n) is 5.32. The highest BCUT2D eigenvalue weighted by atomic mass is 32.2. The van der Waals surface area contributed by atoms with Crippen LogP contribution in [0.4, 0.5) is 0 Å². The van der Waals surface area contributed by atoms with Gasteiger partial charge in [-0.25, -0.2) is 0 Å². The van der Waals surface area contributed by atoms with Gasteiger partial charge in [0.1, 0.15) is 0 Å². The van der Waals surface area contributed by atoms with Crippen LogP contribution in [0.15, 0.2) is 0 Å². The minimum absolute atomic E-state index is 0.376. The zero-order valence-corrected chi connectivity index (χ0v) is 8.91. The van der Waals surface area contributed by atoms with Crippen molar-refractivity contribution in [3.8, 4) is 0 Å². The summed E-state index contributed by atoms with van der Waals surface area (Å²) in [5, 5.41) is 13.7. The molecule has 2 nitrogen and oxygen atoms in total. The quantitative estimate of drug-likeness (QED) is 0.669. The van der Waals surface area contributed by atoms with Crippen LogP contribution in [0.3, 0.4) is 0 Å². The molecule has 0 radical (unpaired) electrons. The number of thioether (sulfide) groups is 1. The summed E-state index contributed by atoms with van der Waals surface area (Å²) in [6.07, 6.45) is 4.57. The number of aliphatic hydroxyl groups is 1. The minimum atomic E-state index is -0.376. The van der Waals surface area contributed by atoms with Gasteiger partial charge in [-0.2, -0.15) is 11.8 Å². The average molecular weight is 201 g/mol. The lowest BCUT2D eigenvalue weighted by molar-refractivity contribution is -0.0405. The van der Waals surface area contributed by atoms with E-state index in [-0.39, 0.29) is 5.60 Å². The number of hydrogen-bond acceptors (Lipinski definition) is 3. The van der Waals surface area contributed by atoms with Crippen LogP contribution >= 0.6 is 11.8 Å². The Bertz CT molecular complexity index is 162. The maximum absolute atomic E-state index is 10.4. The number of nitrogens with one attached hydrogen (secondary N) is 1. The highest BCUT2D eigenvalue weighted by molar-refractivity contribution is 7.99. The molecule has 76 valence electrons. The molecular weight excluding hydrogens is 182 g/mol. The number of β-amino-alcohol motifs (C(OH)–C–C–N with tert-alkyl or cyclic N) is 1. The van der Waals surface area contributed by atoms with Crippen LogP contribution < -0.4 is 5.32 Å². The van der Waals surface area contributed by atoms with Crippen molar-refractivity contribution in [2.24, 2.45) is 5.92 Å². The predicted octanol–water partition coefficient (Wildman–Crippen LogP) is 1.24. The highest BCUT2D eigenvalue weighted by Gasteiger charge is 2.38. The normalized spacial score (nSPS) is 37.6. The van der Waals surface area contributed by atoms with Crippen molar-refractivity contribution >= 4 is 11.8 Å². The molecule has 13 heavy (non-hydrogen) atoms. The molecule has 2 saturated heterocycles. The van der Waals surface area contributed by atoms with Crippen molar-refractivity contribution < 1.29 is 5.11 Å². The second kappa shape index (κ2) is 4.20. The van der Waals surface area contributed by atoms with Crippen molar-refractivity contribution in [2.45, 2.75) is 31.3 Å². The SMILES string of the molecule is OC1(C2CCSCC2)CCCNC1. The molecule has 1 unspecified atom stereocenters. The first kappa shape index (κ1) is 9.81. The van der Waals surface area contributed by atoms with E-state index in [9.17, 15) is 5.11 Å². The maximum Gasteiger partial charge on any atom is 0.0800 e. The highest BCUT2D eigenvalue weighted by Crippen LogP contribution is 2.35. The summed E-state index contributed by atoms with van der Waals surface area (Å²) in [6.45, 7) is 1.91. The van der Waals surface area contributed by atoms with Gasteiger partial charge >= 0.3 is 0 Å². The number of rotatable bonds is 1. The zero-order valence-electron chi connectivity index (χ0n) is 8.09. The third-order valence-corrected chi connectivity index (χ3v) is 4.42. The molecule has 0 spiro atoms. The molecule has 3 heteroatoms. The molecule has 0 aromatic carbocycles. The lowest BCUT2D eigenvalue weighted by Gasteiger charge is -2.41. The third-order valence-electron chi connectivity index (χ3n) is 3.38. The minimum Gasteiger partial charge on any atom is -0.388 e. The molecule has 2 fully saturated rings. The fourth-order valence-corrected chi connectivity index (χ4v) is 3.60. The second-order valence-corrected chi connectivity index (χ2v) is 5.50. The Balaban J connectivity index is 1.94. The molecule has 1 atom stereocenters. The molecule has 0 aliphatic carbocycles. The molecule has 0 amide bonds. The van der Waals surface area contributed by atoms with Gasteiger partial charge < -0.3 is 10.4 Å². The van der Waals surface area contributed by atoms with Crippen molar-refractivity contribution in [1.29, 1.82) is 0 Å². The van der Waals surface area contributed by atoms with Gasteiger partial charge in [-0.05, 0) is 49.7 Å². The Kier molecular flexibility index (Phi) is 3.17. The van der Waals surface area contributed by atoms with Gasteiger partial charge in [0, 0.05) is 6.54 Å². The maximum atomic E-state index is 10.4. The monoisotopic (exact) mass is 201 g/mol. The van der Waals surface area contributed by atoms with Gasteiger partial charge in [0.25, 0.3) is 0 Å². The van der Waals surface area contributed by atoms with Gasteiger partial charge in [0.15, 0.2) is 0 Å². The van der Waals surface area contributed by atoms with E-state index in [4.69, 9.17) is 0 Å². The summed E-state index contributed by atoms with van der Waals surface area (Å²) in [5.74, 6) is 3.04. The van der Waals surface area contributed by atoms with Crippen LogP contribution in [0.2, 0.25) is 0 Å². The van der Waals surface area contributed by atoms with E-state index in [0.717, 1.165) is 25.9 Å². The first-order valence-corrected chi connectivity index (χ1v) is 6.48. The Morgan fingerprint density at radius 2 is 2.08 bits per heavy atom. The molecule has 2 heterocycles. The largest absolute Gasteiger partial charge is 0.388 e. The van der Waals surface area contributed by atoms with E-state index >= 15 is 0 Å². The van der Waals surface area contributed by atoms with Crippen LogP contribution in [-0.4, -0.2) is 35.3 Å². The molecule has 0 bridgehead atoms. The number of hydrogen-bond donors (Lipinski definition) is 2. The summed E-state index contributed by atoms with van der Waals surface area (Å²) >= 11 is 2.03. The van der Waals surface area contributed by atoms with E-state index in [1.165, 1.54) is 24.3 Å². The van der Waals surface area contributed by atoms with E-state index in [1.54, 1.807) is 0 Å². The van der Waals surface area contributed by atoms with E-state index in [2.05, 4.69) is 5.32 Å². The van der Waals surface area contributed by atoms with Crippen LogP contribution in [0, 0.1) is 5.92 Å². The van der Waals surface area contributed by atoms with Crippen LogP contribution in [0.5, 0.6) is 0 Å². The lowest BCUT2D eigenvalue weighted by atomic mass is 9.78. The van der Waals surface area contributed by atoms with Crippen LogP contribution in [0.1, 0.15) is 25.7 Å². The van der Waals surface area contributed by atoms with Crippen molar-refractivity contribution in [2.75, 3.05) is 24.6 Å².